The van der Waals surface area contributed by atoms with Gasteiger partial charge in [-0.3, -0.25) is 0 Å². The van der Waals surface area contributed by atoms with Crippen LogP contribution >= 0.6 is 0 Å². The van der Waals surface area contributed by atoms with E-state index in [0.717, 1.165) is 11.3 Å². The molecule has 0 bridgehead atoms. The van der Waals surface area contributed by atoms with Crippen LogP contribution in [0, 0.1) is 0 Å². The Bertz CT molecular complexity index is 590. The van der Waals surface area contributed by atoms with Crippen LogP contribution in [0.5, 0.6) is 11.5 Å². The van der Waals surface area contributed by atoms with Gasteiger partial charge in [0.05, 0.1) is 18.8 Å². The van der Waals surface area contributed by atoms with Gasteiger partial charge in [-0.25, -0.2) is 0 Å². The monoisotopic (exact) mass is 293 g/mol. The van der Waals surface area contributed by atoms with Crippen molar-refractivity contribution < 1.29 is 18.3 Å². The quantitative estimate of drug-likeness (QED) is 0.852. The summed E-state index contributed by atoms with van der Waals surface area (Å²) in [5, 5.41) is 3.17. The van der Waals surface area contributed by atoms with E-state index in [1.165, 1.54) is 6.07 Å². The van der Waals surface area contributed by atoms with Crippen LogP contribution in [0.1, 0.15) is 18.5 Å². The molecule has 0 saturated heterocycles. The summed E-state index contributed by atoms with van der Waals surface area (Å²) in [5.74, 6) is 0.860. The third-order valence-corrected chi connectivity index (χ3v) is 3.08. The van der Waals surface area contributed by atoms with Crippen molar-refractivity contribution in [2.75, 3.05) is 12.4 Å². The summed E-state index contributed by atoms with van der Waals surface area (Å²) in [6, 6.07) is 14.0. The first-order chi connectivity index (χ1) is 10.1. The third-order valence-electron chi connectivity index (χ3n) is 3.08. The highest BCUT2D eigenvalue weighted by atomic mass is 19.3. The van der Waals surface area contributed by atoms with Crippen LogP contribution < -0.4 is 14.8 Å². The molecule has 0 aromatic heterocycles. The summed E-state index contributed by atoms with van der Waals surface area (Å²) in [6.45, 7) is -0.925. The summed E-state index contributed by atoms with van der Waals surface area (Å²) in [7, 11) is 1.60. The number of hydrogen-bond acceptors (Lipinski definition) is 3. The lowest BCUT2D eigenvalue weighted by molar-refractivity contribution is -0.0493. The summed E-state index contributed by atoms with van der Waals surface area (Å²) >= 11 is 0. The summed E-state index contributed by atoms with van der Waals surface area (Å²) in [4.78, 5) is 0. The SMILES string of the molecule is COc1ccccc1C(C)Nc1ccccc1OC(F)F. The average Bonchev–Trinajstić information content (AvgIpc) is 2.48. The molecule has 0 aliphatic rings. The topological polar surface area (TPSA) is 30.5 Å². The van der Waals surface area contributed by atoms with E-state index in [4.69, 9.17) is 4.74 Å². The average molecular weight is 293 g/mol. The Kier molecular flexibility index (Phi) is 4.98. The van der Waals surface area contributed by atoms with E-state index in [0.29, 0.717) is 5.69 Å². The molecule has 112 valence electrons. The van der Waals surface area contributed by atoms with Crippen molar-refractivity contribution in [2.45, 2.75) is 19.6 Å². The van der Waals surface area contributed by atoms with Gasteiger partial charge >= 0.3 is 6.61 Å². The lowest BCUT2D eigenvalue weighted by Crippen LogP contribution is -2.10. The fourth-order valence-electron chi connectivity index (χ4n) is 2.12. The highest BCUT2D eigenvalue weighted by Crippen LogP contribution is 2.32. The highest BCUT2D eigenvalue weighted by Gasteiger charge is 2.14. The number of para-hydroxylation sites is 3. The van der Waals surface area contributed by atoms with Gasteiger partial charge in [0.15, 0.2) is 0 Å². The predicted octanol–water partition coefficient (Wildman–Crippen LogP) is 4.47. The molecule has 0 aliphatic heterocycles. The van der Waals surface area contributed by atoms with Crippen LogP contribution in [0.15, 0.2) is 48.5 Å². The molecule has 21 heavy (non-hydrogen) atoms. The number of ether oxygens (including phenoxy) is 2. The van der Waals surface area contributed by atoms with Crippen molar-refractivity contribution in [1.29, 1.82) is 0 Å². The van der Waals surface area contributed by atoms with Crippen molar-refractivity contribution in [3.8, 4) is 11.5 Å². The van der Waals surface area contributed by atoms with E-state index < -0.39 is 6.61 Å². The normalized spacial score (nSPS) is 12.0. The Morgan fingerprint density at radius 3 is 2.24 bits per heavy atom. The maximum absolute atomic E-state index is 12.4. The second-order valence-electron chi connectivity index (χ2n) is 4.48. The predicted molar refractivity (Wildman–Crippen MR) is 78.1 cm³/mol. The maximum Gasteiger partial charge on any atom is 0.387 e. The second-order valence-corrected chi connectivity index (χ2v) is 4.48. The van der Waals surface area contributed by atoms with E-state index in [2.05, 4.69) is 10.1 Å². The number of halogens is 2. The highest BCUT2D eigenvalue weighted by molar-refractivity contribution is 5.58. The molecule has 0 fully saturated rings. The Hall–Kier alpha value is -2.30. The van der Waals surface area contributed by atoms with Crippen molar-refractivity contribution in [3.05, 3.63) is 54.1 Å². The summed E-state index contributed by atoms with van der Waals surface area (Å²) < 4.78 is 34.6. The van der Waals surface area contributed by atoms with Crippen LogP contribution in [-0.4, -0.2) is 13.7 Å². The molecule has 0 aliphatic carbocycles. The molecule has 3 nitrogen and oxygen atoms in total. The first-order valence-corrected chi connectivity index (χ1v) is 6.55. The molecule has 1 N–H and O–H groups in total. The van der Waals surface area contributed by atoms with Crippen molar-refractivity contribution in [2.24, 2.45) is 0 Å². The number of hydrogen-bond donors (Lipinski definition) is 1. The van der Waals surface area contributed by atoms with E-state index in [1.54, 1.807) is 25.3 Å². The third kappa shape index (κ3) is 3.84. The van der Waals surface area contributed by atoms with Gasteiger partial charge in [0.1, 0.15) is 11.5 Å². The van der Waals surface area contributed by atoms with Crippen LogP contribution in [0.25, 0.3) is 0 Å². The molecule has 0 spiro atoms. The first kappa shape index (κ1) is 15.1. The minimum atomic E-state index is -2.85. The zero-order chi connectivity index (χ0) is 15.2. The van der Waals surface area contributed by atoms with E-state index >= 15 is 0 Å². The molecule has 5 heteroatoms. The Balaban J connectivity index is 2.21. The van der Waals surface area contributed by atoms with Gasteiger partial charge < -0.3 is 14.8 Å². The molecule has 0 amide bonds. The van der Waals surface area contributed by atoms with Crippen LogP contribution in [0.3, 0.4) is 0 Å². The van der Waals surface area contributed by atoms with Crippen LogP contribution in [0.4, 0.5) is 14.5 Å². The lowest BCUT2D eigenvalue weighted by Gasteiger charge is -2.20. The standard InChI is InChI=1S/C16H17F2NO2/c1-11(12-7-3-5-9-14(12)20-2)19-13-8-4-6-10-15(13)21-16(17)18/h3-11,16,19H,1-2H3. The number of benzene rings is 2. The molecule has 0 saturated carbocycles. The number of alkyl halides is 2. The van der Waals surface area contributed by atoms with Gasteiger partial charge in [-0.1, -0.05) is 30.3 Å². The molecule has 0 heterocycles. The maximum atomic E-state index is 12.4. The van der Waals surface area contributed by atoms with E-state index in [9.17, 15) is 8.78 Å². The fourth-order valence-corrected chi connectivity index (χ4v) is 2.12. The second kappa shape index (κ2) is 6.92. The number of nitrogens with one attached hydrogen (secondary N) is 1. The zero-order valence-electron chi connectivity index (χ0n) is 11.8. The molecule has 1 unspecified atom stereocenters. The minimum absolute atomic E-state index is 0.120. The zero-order valence-corrected chi connectivity index (χ0v) is 11.8. The van der Waals surface area contributed by atoms with Crippen LogP contribution in [0.2, 0.25) is 0 Å². The van der Waals surface area contributed by atoms with Gasteiger partial charge in [-0.2, -0.15) is 8.78 Å². The summed E-state index contributed by atoms with van der Waals surface area (Å²) in [5.41, 5.74) is 1.45. The van der Waals surface area contributed by atoms with Crippen molar-refractivity contribution in [1.82, 2.24) is 0 Å². The molecular formula is C16H17F2NO2. The first-order valence-electron chi connectivity index (χ1n) is 6.55. The number of rotatable bonds is 6. The Labute approximate surface area is 122 Å². The van der Waals surface area contributed by atoms with Gasteiger partial charge in [0.2, 0.25) is 0 Å². The Morgan fingerprint density at radius 1 is 0.952 bits per heavy atom. The van der Waals surface area contributed by atoms with Gasteiger partial charge in [-0.15, -0.1) is 0 Å². The van der Waals surface area contributed by atoms with Gasteiger partial charge in [-0.05, 0) is 25.1 Å². The van der Waals surface area contributed by atoms with Gasteiger partial charge in [0.25, 0.3) is 0 Å². The van der Waals surface area contributed by atoms with Crippen molar-refractivity contribution >= 4 is 5.69 Å². The number of methoxy groups -OCH3 is 1. The van der Waals surface area contributed by atoms with Crippen molar-refractivity contribution in [3.63, 3.8) is 0 Å². The lowest BCUT2D eigenvalue weighted by atomic mass is 10.1. The molecule has 1 atom stereocenters. The van der Waals surface area contributed by atoms with Crippen LogP contribution in [-0.2, 0) is 0 Å². The summed E-state index contributed by atoms with van der Waals surface area (Å²) in [6.07, 6.45) is 0. The Morgan fingerprint density at radius 2 is 1.57 bits per heavy atom. The molecule has 2 aromatic carbocycles. The molecular weight excluding hydrogens is 276 g/mol. The molecule has 2 aromatic rings. The van der Waals surface area contributed by atoms with E-state index in [-0.39, 0.29) is 11.8 Å². The number of anilines is 1. The molecule has 2 rings (SSSR count). The largest absolute Gasteiger partial charge is 0.496 e. The molecule has 0 radical (unpaired) electrons. The van der Waals surface area contributed by atoms with E-state index in [1.807, 2.05) is 31.2 Å². The smallest absolute Gasteiger partial charge is 0.387 e. The minimum Gasteiger partial charge on any atom is -0.496 e. The van der Waals surface area contributed by atoms with Gasteiger partial charge in [0, 0.05) is 5.56 Å². The fraction of sp³-hybridized carbons (Fsp3) is 0.250.